The number of hydrogen-bond acceptors (Lipinski definition) is 4. The number of anilines is 1. The number of fused-ring (bicyclic) bond motifs is 1. The van der Waals surface area contributed by atoms with E-state index in [0.29, 0.717) is 0 Å². The van der Waals surface area contributed by atoms with Crippen molar-refractivity contribution in [3.63, 3.8) is 0 Å². The minimum absolute atomic E-state index is 0.231. The van der Waals surface area contributed by atoms with Gasteiger partial charge in [0.25, 0.3) is 0 Å². The van der Waals surface area contributed by atoms with Crippen molar-refractivity contribution in [1.82, 2.24) is 14.6 Å². The van der Waals surface area contributed by atoms with E-state index in [1.165, 1.54) is 12.1 Å². The Bertz CT molecular complexity index is 1100. The van der Waals surface area contributed by atoms with Crippen LogP contribution in [-0.4, -0.2) is 27.7 Å². The predicted molar refractivity (Wildman–Crippen MR) is 109 cm³/mol. The van der Waals surface area contributed by atoms with Gasteiger partial charge in [-0.15, -0.1) is 0 Å². The molecule has 0 amide bonds. The number of nitrogens with one attached hydrogen (secondary N) is 2. The van der Waals surface area contributed by atoms with Crippen molar-refractivity contribution in [1.29, 1.82) is 0 Å². The maximum absolute atomic E-state index is 13.2. The number of rotatable bonds is 3. The second-order valence-corrected chi connectivity index (χ2v) is 6.62. The number of halogens is 1. The number of nitrogens with zero attached hydrogens (tertiary/aromatic N) is 3. The van der Waals surface area contributed by atoms with Crippen LogP contribution in [0.1, 0.15) is 0 Å². The van der Waals surface area contributed by atoms with E-state index >= 15 is 0 Å². The molecule has 0 atom stereocenters. The molecule has 6 heteroatoms. The highest BCUT2D eigenvalue weighted by Crippen LogP contribution is 2.35. The summed E-state index contributed by atoms with van der Waals surface area (Å²) in [4.78, 5) is 8.96. The molecule has 138 valence electrons. The van der Waals surface area contributed by atoms with Crippen LogP contribution in [0.25, 0.3) is 33.6 Å². The summed E-state index contributed by atoms with van der Waals surface area (Å²) in [6.45, 7) is 1.65. The van der Waals surface area contributed by atoms with Crippen molar-refractivity contribution in [2.45, 2.75) is 0 Å². The van der Waals surface area contributed by atoms with E-state index in [9.17, 15) is 4.39 Å². The summed E-state index contributed by atoms with van der Waals surface area (Å²) in [7, 11) is 0. The van der Waals surface area contributed by atoms with E-state index in [1.807, 2.05) is 28.9 Å². The molecule has 2 aromatic carbocycles. The lowest BCUT2D eigenvalue weighted by Crippen LogP contribution is -2.30. The van der Waals surface area contributed by atoms with Gasteiger partial charge < -0.3 is 10.7 Å². The van der Waals surface area contributed by atoms with Crippen LogP contribution >= 0.6 is 0 Å². The minimum Gasteiger partial charge on any atom is -0.352 e. The van der Waals surface area contributed by atoms with Gasteiger partial charge >= 0.3 is 0 Å². The van der Waals surface area contributed by atoms with Gasteiger partial charge in [-0.05, 0) is 35.4 Å². The number of imidazole rings is 1. The Kier molecular flexibility index (Phi) is 4.01. The van der Waals surface area contributed by atoms with Crippen molar-refractivity contribution in [2.75, 3.05) is 23.8 Å². The number of benzene rings is 2. The van der Waals surface area contributed by atoms with Crippen molar-refractivity contribution >= 4 is 5.95 Å². The zero-order valence-corrected chi connectivity index (χ0v) is 15.1. The molecule has 0 spiro atoms. The Morgan fingerprint density at radius 1 is 0.750 bits per heavy atom. The Labute approximate surface area is 161 Å². The Balaban J connectivity index is 1.59. The third kappa shape index (κ3) is 2.89. The Hall–Kier alpha value is -3.67. The lowest BCUT2D eigenvalue weighted by molar-refractivity contribution is 0.628. The average molecular weight is 371 g/mol. The minimum atomic E-state index is -0.231. The summed E-state index contributed by atoms with van der Waals surface area (Å²) < 4.78 is 15.2. The largest absolute Gasteiger partial charge is 0.352 e. The topological polar surface area (TPSA) is 54.8 Å². The van der Waals surface area contributed by atoms with Gasteiger partial charge in [-0.25, -0.2) is 14.1 Å². The SMILES string of the molecule is Fc1ccc(-c2ccc(-c3nc4n(c3-c3ccncc3)NCCN4)cc2)cc1. The van der Waals surface area contributed by atoms with E-state index < -0.39 is 0 Å². The van der Waals surface area contributed by atoms with Crippen LogP contribution in [0.3, 0.4) is 0 Å². The molecule has 0 unspecified atom stereocenters. The fourth-order valence-electron chi connectivity index (χ4n) is 3.47. The van der Waals surface area contributed by atoms with Gasteiger partial charge in [0.2, 0.25) is 5.95 Å². The van der Waals surface area contributed by atoms with Crippen LogP contribution in [-0.2, 0) is 0 Å². The molecule has 0 bridgehead atoms. The Morgan fingerprint density at radius 3 is 2.11 bits per heavy atom. The molecule has 1 aliphatic rings. The van der Waals surface area contributed by atoms with E-state index in [4.69, 9.17) is 4.98 Å². The smallest absolute Gasteiger partial charge is 0.223 e. The monoisotopic (exact) mass is 371 g/mol. The molecule has 2 N–H and O–H groups in total. The molecule has 5 rings (SSSR count). The van der Waals surface area contributed by atoms with Gasteiger partial charge in [0, 0.05) is 36.6 Å². The molecule has 0 radical (unpaired) electrons. The maximum Gasteiger partial charge on any atom is 0.223 e. The molecule has 2 aromatic heterocycles. The first kappa shape index (κ1) is 16.5. The fourth-order valence-corrected chi connectivity index (χ4v) is 3.47. The van der Waals surface area contributed by atoms with Gasteiger partial charge in [0.1, 0.15) is 11.5 Å². The molecule has 4 aromatic rings. The summed E-state index contributed by atoms with van der Waals surface area (Å²) >= 11 is 0. The van der Waals surface area contributed by atoms with Gasteiger partial charge in [0.15, 0.2) is 0 Å². The highest BCUT2D eigenvalue weighted by atomic mass is 19.1. The van der Waals surface area contributed by atoms with Gasteiger partial charge in [-0.2, -0.15) is 0 Å². The van der Waals surface area contributed by atoms with E-state index in [0.717, 1.165) is 52.7 Å². The Morgan fingerprint density at radius 2 is 1.39 bits per heavy atom. The van der Waals surface area contributed by atoms with Crippen molar-refractivity contribution in [3.05, 3.63) is 78.9 Å². The van der Waals surface area contributed by atoms with Crippen LogP contribution < -0.4 is 10.7 Å². The van der Waals surface area contributed by atoms with Gasteiger partial charge in [0.05, 0.1) is 5.69 Å². The molecule has 3 heterocycles. The molecule has 0 fully saturated rings. The zero-order chi connectivity index (χ0) is 18.9. The van der Waals surface area contributed by atoms with Crippen LogP contribution in [0.4, 0.5) is 10.3 Å². The van der Waals surface area contributed by atoms with E-state index in [1.54, 1.807) is 24.5 Å². The maximum atomic E-state index is 13.2. The summed E-state index contributed by atoms with van der Waals surface area (Å²) in [6, 6.07) is 18.7. The molecular weight excluding hydrogens is 353 g/mol. The lowest BCUT2D eigenvalue weighted by Gasteiger charge is -2.20. The van der Waals surface area contributed by atoms with Crippen LogP contribution in [0.2, 0.25) is 0 Å². The molecular formula is C22H18FN5. The normalized spacial score (nSPS) is 12.8. The van der Waals surface area contributed by atoms with Crippen LogP contribution in [0.15, 0.2) is 73.1 Å². The summed E-state index contributed by atoms with van der Waals surface area (Å²) in [6.07, 6.45) is 3.57. The second-order valence-electron chi connectivity index (χ2n) is 6.62. The molecule has 1 aliphatic heterocycles. The van der Waals surface area contributed by atoms with Gasteiger partial charge in [-0.3, -0.25) is 4.98 Å². The number of hydrogen-bond donors (Lipinski definition) is 2. The molecule has 0 aliphatic carbocycles. The van der Waals surface area contributed by atoms with Crippen LogP contribution in [0, 0.1) is 5.82 Å². The average Bonchev–Trinajstić information content (AvgIpc) is 3.15. The highest BCUT2D eigenvalue weighted by Gasteiger charge is 2.22. The summed E-state index contributed by atoms with van der Waals surface area (Å²) in [5.74, 6) is 0.571. The zero-order valence-electron chi connectivity index (χ0n) is 15.1. The number of aromatic nitrogens is 3. The molecule has 5 nitrogen and oxygen atoms in total. The molecule has 0 saturated carbocycles. The first-order chi connectivity index (χ1) is 13.8. The van der Waals surface area contributed by atoms with Crippen LogP contribution in [0.5, 0.6) is 0 Å². The second kappa shape index (κ2) is 6.81. The third-order valence-electron chi connectivity index (χ3n) is 4.85. The number of pyridine rings is 1. The first-order valence-corrected chi connectivity index (χ1v) is 9.17. The highest BCUT2D eigenvalue weighted by molar-refractivity contribution is 5.82. The summed E-state index contributed by atoms with van der Waals surface area (Å²) in [5.41, 5.74) is 9.37. The van der Waals surface area contributed by atoms with E-state index in [-0.39, 0.29) is 5.82 Å². The van der Waals surface area contributed by atoms with Gasteiger partial charge in [-0.1, -0.05) is 36.4 Å². The molecule has 28 heavy (non-hydrogen) atoms. The molecule has 0 saturated heterocycles. The van der Waals surface area contributed by atoms with Crippen molar-refractivity contribution in [2.24, 2.45) is 0 Å². The standard InChI is InChI=1S/C22H18FN5/c23-19-7-5-16(6-8-19)15-1-3-17(4-2-15)20-21(18-9-11-24-12-10-18)28-22(27-20)25-13-14-26-28/h1-12,26H,13-14H2,(H,25,27). The van der Waals surface area contributed by atoms with E-state index in [2.05, 4.69) is 27.9 Å². The third-order valence-corrected chi connectivity index (χ3v) is 4.85. The van der Waals surface area contributed by atoms with Crippen molar-refractivity contribution in [3.8, 4) is 33.6 Å². The quantitative estimate of drug-likeness (QED) is 0.561. The summed E-state index contributed by atoms with van der Waals surface area (Å²) in [5, 5.41) is 3.34. The fraction of sp³-hybridized carbons (Fsp3) is 0.0909. The predicted octanol–water partition coefficient (Wildman–Crippen LogP) is 4.39. The van der Waals surface area contributed by atoms with Crippen molar-refractivity contribution < 1.29 is 4.39 Å². The first-order valence-electron chi connectivity index (χ1n) is 9.17. The lowest BCUT2D eigenvalue weighted by atomic mass is 10.0.